The molecule has 1 N–H and O–H groups in total. The van der Waals surface area contributed by atoms with E-state index in [1.165, 1.54) is 12.1 Å². The normalized spacial score (nSPS) is 22.9. The Morgan fingerprint density at radius 1 is 1.55 bits per heavy atom. The summed E-state index contributed by atoms with van der Waals surface area (Å²) >= 11 is 6.04. The SMILES string of the molecule is C[C@@H]1CN(Cc2ccc([N+](=O)[O-])cc2Cl)C[C@H]1C(=O)O. The molecule has 1 aromatic carbocycles. The van der Waals surface area contributed by atoms with E-state index in [0.29, 0.717) is 24.7 Å². The Hall–Kier alpha value is -1.66. The van der Waals surface area contributed by atoms with Crippen molar-refractivity contribution in [3.8, 4) is 0 Å². The Bertz CT molecular complexity index is 549. The zero-order valence-corrected chi connectivity index (χ0v) is 11.7. The number of hydrogen-bond acceptors (Lipinski definition) is 4. The summed E-state index contributed by atoms with van der Waals surface area (Å²) in [4.78, 5) is 23.2. The van der Waals surface area contributed by atoms with Crippen molar-refractivity contribution < 1.29 is 14.8 Å². The van der Waals surface area contributed by atoms with Gasteiger partial charge in [-0.05, 0) is 17.5 Å². The van der Waals surface area contributed by atoms with Crippen LogP contribution in [0.5, 0.6) is 0 Å². The Labute approximate surface area is 121 Å². The van der Waals surface area contributed by atoms with E-state index in [0.717, 1.165) is 5.56 Å². The molecule has 1 saturated heterocycles. The maximum absolute atomic E-state index is 11.1. The van der Waals surface area contributed by atoms with E-state index in [4.69, 9.17) is 16.7 Å². The minimum atomic E-state index is -0.783. The van der Waals surface area contributed by atoms with Crippen LogP contribution >= 0.6 is 11.6 Å². The maximum Gasteiger partial charge on any atom is 0.308 e. The molecule has 0 amide bonds. The summed E-state index contributed by atoms with van der Waals surface area (Å²) in [7, 11) is 0. The van der Waals surface area contributed by atoms with Gasteiger partial charge < -0.3 is 5.11 Å². The molecule has 1 aliphatic rings. The average molecular weight is 299 g/mol. The lowest BCUT2D eigenvalue weighted by molar-refractivity contribution is -0.384. The second-order valence-electron chi connectivity index (χ2n) is 5.15. The van der Waals surface area contributed by atoms with E-state index < -0.39 is 10.9 Å². The fraction of sp³-hybridized carbons (Fsp3) is 0.462. The highest BCUT2D eigenvalue weighted by atomic mass is 35.5. The lowest BCUT2D eigenvalue weighted by Gasteiger charge is -2.16. The monoisotopic (exact) mass is 298 g/mol. The highest BCUT2D eigenvalue weighted by molar-refractivity contribution is 6.31. The molecular weight excluding hydrogens is 284 g/mol. The standard InChI is InChI=1S/C13H15ClN2O4/c1-8-5-15(7-11(8)13(17)18)6-9-2-3-10(16(19)20)4-12(9)14/h2-4,8,11H,5-7H2,1H3,(H,17,18)/t8-,11-/m1/s1. The zero-order chi connectivity index (χ0) is 14.9. The first-order chi connectivity index (χ1) is 9.38. The van der Waals surface area contributed by atoms with Crippen LogP contribution in [0.4, 0.5) is 5.69 Å². The predicted octanol–water partition coefficient (Wildman–Crippen LogP) is 2.40. The number of rotatable bonds is 4. The summed E-state index contributed by atoms with van der Waals surface area (Å²) < 4.78 is 0. The van der Waals surface area contributed by atoms with Crippen LogP contribution in [0.2, 0.25) is 5.02 Å². The first kappa shape index (κ1) is 14.7. The lowest BCUT2D eigenvalue weighted by Crippen LogP contribution is -2.23. The third-order valence-electron chi connectivity index (χ3n) is 3.65. The van der Waals surface area contributed by atoms with Crippen molar-refractivity contribution in [3.05, 3.63) is 38.9 Å². The second kappa shape index (κ2) is 5.76. The molecule has 1 heterocycles. The number of halogens is 1. The first-order valence-corrected chi connectivity index (χ1v) is 6.64. The summed E-state index contributed by atoms with van der Waals surface area (Å²) in [5.41, 5.74) is 0.729. The Morgan fingerprint density at radius 3 is 2.75 bits per heavy atom. The highest BCUT2D eigenvalue weighted by Crippen LogP contribution is 2.28. The van der Waals surface area contributed by atoms with Crippen molar-refractivity contribution in [1.82, 2.24) is 4.90 Å². The molecule has 108 valence electrons. The van der Waals surface area contributed by atoms with Gasteiger partial charge in [-0.1, -0.05) is 18.5 Å². The van der Waals surface area contributed by atoms with Gasteiger partial charge in [0.15, 0.2) is 0 Å². The summed E-state index contributed by atoms with van der Waals surface area (Å²) in [6, 6.07) is 4.36. The molecule has 6 nitrogen and oxygen atoms in total. The average Bonchev–Trinajstić information content (AvgIpc) is 2.73. The van der Waals surface area contributed by atoms with Crippen molar-refractivity contribution in [2.75, 3.05) is 13.1 Å². The Kier molecular flexibility index (Phi) is 4.25. The van der Waals surface area contributed by atoms with E-state index in [2.05, 4.69) is 0 Å². The predicted molar refractivity (Wildman–Crippen MR) is 73.7 cm³/mol. The molecule has 0 radical (unpaired) electrons. The van der Waals surface area contributed by atoms with Gasteiger partial charge in [0.05, 0.1) is 15.9 Å². The minimum Gasteiger partial charge on any atom is -0.481 e. The third kappa shape index (κ3) is 3.08. The number of nitrogens with zero attached hydrogens (tertiary/aromatic N) is 2. The van der Waals surface area contributed by atoms with Gasteiger partial charge in [0.25, 0.3) is 5.69 Å². The van der Waals surface area contributed by atoms with Crippen LogP contribution in [-0.2, 0) is 11.3 Å². The number of nitro benzene ring substituents is 1. The summed E-state index contributed by atoms with van der Waals surface area (Å²) in [5, 5.41) is 20.1. The molecule has 0 spiro atoms. The molecule has 2 rings (SSSR count). The van der Waals surface area contributed by atoms with Crippen LogP contribution in [0.25, 0.3) is 0 Å². The van der Waals surface area contributed by atoms with Gasteiger partial charge in [-0.3, -0.25) is 19.8 Å². The van der Waals surface area contributed by atoms with E-state index in [1.54, 1.807) is 6.07 Å². The lowest BCUT2D eigenvalue weighted by atomic mass is 9.99. The number of benzene rings is 1. The molecule has 0 unspecified atom stereocenters. The second-order valence-corrected chi connectivity index (χ2v) is 5.56. The van der Waals surface area contributed by atoms with E-state index >= 15 is 0 Å². The Balaban J connectivity index is 2.08. The molecule has 0 saturated carbocycles. The maximum atomic E-state index is 11.1. The van der Waals surface area contributed by atoms with Gasteiger partial charge in [0, 0.05) is 31.8 Å². The van der Waals surface area contributed by atoms with Crippen LogP contribution in [0.3, 0.4) is 0 Å². The molecule has 2 atom stereocenters. The first-order valence-electron chi connectivity index (χ1n) is 6.26. The van der Waals surface area contributed by atoms with Crippen LogP contribution in [0, 0.1) is 22.0 Å². The number of non-ortho nitro benzene ring substituents is 1. The molecule has 7 heteroatoms. The van der Waals surface area contributed by atoms with E-state index in [-0.39, 0.29) is 17.5 Å². The van der Waals surface area contributed by atoms with Gasteiger partial charge in [-0.25, -0.2) is 0 Å². The number of carbonyl (C=O) groups is 1. The van der Waals surface area contributed by atoms with Crippen molar-refractivity contribution in [1.29, 1.82) is 0 Å². The molecule has 1 fully saturated rings. The van der Waals surface area contributed by atoms with Crippen LogP contribution in [0.15, 0.2) is 18.2 Å². The number of aliphatic carboxylic acids is 1. The van der Waals surface area contributed by atoms with Crippen molar-refractivity contribution in [2.24, 2.45) is 11.8 Å². The van der Waals surface area contributed by atoms with Gasteiger partial charge in [0.2, 0.25) is 0 Å². The number of likely N-dealkylation sites (tertiary alicyclic amines) is 1. The molecule has 0 aromatic heterocycles. The van der Waals surface area contributed by atoms with Crippen LogP contribution < -0.4 is 0 Å². The third-order valence-corrected chi connectivity index (χ3v) is 4.00. The summed E-state index contributed by atoms with van der Waals surface area (Å²) in [6.07, 6.45) is 0. The zero-order valence-electron chi connectivity index (χ0n) is 11.0. The summed E-state index contributed by atoms with van der Waals surface area (Å²) in [6.45, 7) is 3.58. The number of nitro groups is 1. The highest BCUT2D eigenvalue weighted by Gasteiger charge is 2.34. The quantitative estimate of drug-likeness (QED) is 0.681. The molecule has 1 aliphatic heterocycles. The van der Waals surface area contributed by atoms with Gasteiger partial charge in [0.1, 0.15) is 0 Å². The van der Waals surface area contributed by atoms with Crippen LogP contribution in [-0.4, -0.2) is 34.0 Å². The Morgan fingerprint density at radius 2 is 2.25 bits per heavy atom. The van der Waals surface area contributed by atoms with Gasteiger partial charge in [-0.2, -0.15) is 0 Å². The molecule has 0 aliphatic carbocycles. The topological polar surface area (TPSA) is 83.7 Å². The van der Waals surface area contributed by atoms with E-state index in [9.17, 15) is 14.9 Å². The van der Waals surface area contributed by atoms with Gasteiger partial charge in [-0.15, -0.1) is 0 Å². The van der Waals surface area contributed by atoms with Crippen molar-refractivity contribution in [2.45, 2.75) is 13.5 Å². The van der Waals surface area contributed by atoms with E-state index in [1.807, 2.05) is 11.8 Å². The van der Waals surface area contributed by atoms with Crippen LogP contribution in [0.1, 0.15) is 12.5 Å². The van der Waals surface area contributed by atoms with Gasteiger partial charge >= 0.3 is 5.97 Å². The fourth-order valence-electron chi connectivity index (χ4n) is 2.54. The summed E-state index contributed by atoms with van der Waals surface area (Å²) in [5.74, 6) is -1.06. The molecule has 20 heavy (non-hydrogen) atoms. The molecular formula is C13H15ClN2O4. The van der Waals surface area contributed by atoms with Crippen molar-refractivity contribution >= 4 is 23.3 Å². The smallest absolute Gasteiger partial charge is 0.308 e. The number of carboxylic acid groups (broad SMARTS) is 1. The molecule has 1 aromatic rings. The van der Waals surface area contributed by atoms with Crippen molar-refractivity contribution in [3.63, 3.8) is 0 Å². The fourth-order valence-corrected chi connectivity index (χ4v) is 2.77. The number of carboxylic acids is 1. The number of hydrogen-bond donors (Lipinski definition) is 1. The molecule has 0 bridgehead atoms. The largest absolute Gasteiger partial charge is 0.481 e. The minimum absolute atomic E-state index is 0.0445.